The standard InChI is InChI=1S/C24H23ClN8O/c1-15-10-22(31-33(15)3)29-18-6-9-20-21(11-18)32(2)23(30-20)26-12-16-4-7-19(8-5-16)34-24-27-13-17(25)14-28-24/h4-11,13-14H,12H2,1-3H3,(H,26,30)(H,29,31). The Balaban J connectivity index is 1.25. The lowest BCUT2D eigenvalue weighted by Gasteiger charge is -2.08. The van der Waals surface area contributed by atoms with Gasteiger partial charge in [0.2, 0.25) is 5.95 Å². The van der Waals surface area contributed by atoms with E-state index in [2.05, 4.69) is 31.8 Å². The zero-order valence-electron chi connectivity index (χ0n) is 19.0. The van der Waals surface area contributed by atoms with Gasteiger partial charge in [-0.3, -0.25) is 4.68 Å². The van der Waals surface area contributed by atoms with Crippen molar-refractivity contribution in [2.45, 2.75) is 13.5 Å². The summed E-state index contributed by atoms with van der Waals surface area (Å²) in [5, 5.41) is 11.7. The van der Waals surface area contributed by atoms with Gasteiger partial charge in [-0.05, 0) is 42.8 Å². The molecule has 2 aromatic carbocycles. The van der Waals surface area contributed by atoms with Crippen LogP contribution in [0.2, 0.25) is 5.02 Å². The van der Waals surface area contributed by atoms with E-state index in [0.717, 1.165) is 39.7 Å². The molecule has 0 spiro atoms. The molecule has 0 unspecified atom stereocenters. The summed E-state index contributed by atoms with van der Waals surface area (Å²) in [6.45, 7) is 2.64. The van der Waals surface area contributed by atoms with Crippen LogP contribution < -0.4 is 15.4 Å². The molecule has 34 heavy (non-hydrogen) atoms. The summed E-state index contributed by atoms with van der Waals surface area (Å²) in [7, 11) is 3.92. The van der Waals surface area contributed by atoms with Crippen LogP contribution in [0.5, 0.6) is 11.8 Å². The van der Waals surface area contributed by atoms with Crippen molar-refractivity contribution in [1.82, 2.24) is 29.3 Å². The normalized spacial score (nSPS) is 11.1. The van der Waals surface area contributed by atoms with Crippen LogP contribution in [0.3, 0.4) is 0 Å². The number of nitrogens with zero attached hydrogens (tertiary/aromatic N) is 6. The van der Waals surface area contributed by atoms with Crippen LogP contribution in [-0.2, 0) is 20.6 Å². The third-order valence-corrected chi connectivity index (χ3v) is 5.64. The number of ether oxygens (including phenoxy) is 1. The second-order valence-corrected chi connectivity index (χ2v) is 8.34. The number of anilines is 3. The maximum absolute atomic E-state index is 5.80. The van der Waals surface area contributed by atoms with Crippen molar-refractivity contribution >= 4 is 40.1 Å². The van der Waals surface area contributed by atoms with Crippen molar-refractivity contribution in [3.63, 3.8) is 0 Å². The summed E-state index contributed by atoms with van der Waals surface area (Å²) >= 11 is 5.80. The van der Waals surface area contributed by atoms with Gasteiger partial charge in [0.05, 0.1) is 28.4 Å². The Kier molecular flexibility index (Phi) is 5.77. The fourth-order valence-electron chi connectivity index (χ4n) is 3.51. The zero-order valence-corrected chi connectivity index (χ0v) is 19.7. The highest BCUT2D eigenvalue weighted by Gasteiger charge is 2.10. The fraction of sp³-hybridized carbons (Fsp3) is 0.167. The second-order valence-electron chi connectivity index (χ2n) is 7.90. The van der Waals surface area contributed by atoms with Crippen LogP contribution in [-0.4, -0.2) is 29.3 Å². The van der Waals surface area contributed by atoms with Crippen LogP contribution >= 0.6 is 11.6 Å². The first kappa shape index (κ1) is 21.7. The zero-order chi connectivity index (χ0) is 23.7. The number of imidazole rings is 1. The van der Waals surface area contributed by atoms with Gasteiger partial charge in [-0.2, -0.15) is 5.10 Å². The smallest absolute Gasteiger partial charge is 0.321 e. The highest BCUT2D eigenvalue weighted by atomic mass is 35.5. The summed E-state index contributed by atoms with van der Waals surface area (Å²) in [5.41, 5.74) is 5.07. The molecule has 5 rings (SSSR count). The van der Waals surface area contributed by atoms with Crippen LogP contribution in [0, 0.1) is 6.92 Å². The quantitative estimate of drug-likeness (QED) is 0.334. The molecule has 0 fully saturated rings. The predicted octanol–water partition coefficient (Wildman–Crippen LogP) is 5.21. The first-order valence-electron chi connectivity index (χ1n) is 10.7. The van der Waals surface area contributed by atoms with Gasteiger partial charge in [0.25, 0.3) is 0 Å². The SMILES string of the molecule is Cc1cc(Nc2ccc3nc(NCc4ccc(Oc5ncc(Cl)cn5)cc4)n(C)c3c2)nn1C. The molecule has 0 amide bonds. The molecule has 9 nitrogen and oxygen atoms in total. The highest BCUT2D eigenvalue weighted by Crippen LogP contribution is 2.25. The maximum Gasteiger partial charge on any atom is 0.321 e. The Morgan fingerprint density at radius 3 is 2.47 bits per heavy atom. The van der Waals surface area contributed by atoms with E-state index in [9.17, 15) is 0 Å². The van der Waals surface area contributed by atoms with Gasteiger partial charge in [0, 0.05) is 38.1 Å². The van der Waals surface area contributed by atoms with Gasteiger partial charge in [-0.1, -0.05) is 23.7 Å². The van der Waals surface area contributed by atoms with Crippen molar-refractivity contribution in [3.8, 4) is 11.8 Å². The van der Waals surface area contributed by atoms with Crippen molar-refractivity contribution in [1.29, 1.82) is 0 Å². The van der Waals surface area contributed by atoms with E-state index in [4.69, 9.17) is 21.3 Å². The van der Waals surface area contributed by atoms with Crippen LogP contribution in [0.1, 0.15) is 11.3 Å². The van der Waals surface area contributed by atoms with Gasteiger partial charge in [0.1, 0.15) is 5.75 Å². The van der Waals surface area contributed by atoms with Crippen LogP contribution in [0.25, 0.3) is 11.0 Å². The van der Waals surface area contributed by atoms with Crippen molar-refractivity contribution in [2.75, 3.05) is 10.6 Å². The number of nitrogens with one attached hydrogen (secondary N) is 2. The number of hydrogen-bond donors (Lipinski definition) is 2. The van der Waals surface area contributed by atoms with E-state index in [1.807, 2.05) is 72.7 Å². The molecule has 3 aromatic heterocycles. The molecule has 0 atom stereocenters. The Hall–Kier alpha value is -4.11. The topological polar surface area (TPSA) is 94.7 Å². The third-order valence-electron chi connectivity index (χ3n) is 5.45. The monoisotopic (exact) mass is 474 g/mol. The molecule has 2 N–H and O–H groups in total. The molecule has 0 aliphatic heterocycles. The summed E-state index contributed by atoms with van der Waals surface area (Å²) in [5.74, 6) is 2.25. The average Bonchev–Trinajstić information content (AvgIpc) is 3.32. The second kappa shape index (κ2) is 9.03. The average molecular weight is 475 g/mol. The molecule has 0 saturated heterocycles. The minimum Gasteiger partial charge on any atom is -0.424 e. The van der Waals surface area contributed by atoms with Gasteiger partial charge >= 0.3 is 6.01 Å². The van der Waals surface area contributed by atoms with E-state index in [0.29, 0.717) is 17.3 Å². The lowest BCUT2D eigenvalue weighted by Crippen LogP contribution is -2.05. The minimum atomic E-state index is 0.252. The molecule has 0 saturated carbocycles. The first-order chi connectivity index (χ1) is 16.4. The van der Waals surface area contributed by atoms with Crippen LogP contribution in [0.15, 0.2) is 60.9 Å². The third kappa shape index (κ3) is 4.65. The number of benzene rings is 2. The predicted molar refractivity (Wildman–Crippen MR) is 133 cm³/mol. The fourth-order valence-corrected chi connectivity index (χ4v) is 3.61. The van der Waals surface area contributed by atoms with E-state index in [1.54, 1.807) is 0 Å². The van der Waals surface area contributed by atoms with E-state index >= 15 is 0 Å². The van der Waals surface area contributed by atoms with E-state index in [-0.39, 0.29) is 6.01 Å². The van der Waals surface area contributed by atoms with Gasteiger partial charge < -0.3 is 19.9 Å². The first-order valence-corrected chi connectivity index (χ1v) is 11.0. The molecule has 172 valence electrons. The van der Waals surface area contributed by atoms with Gasteiger partial charge in [-0.15, -0.1) is 0 Å². The highest BCUT2D eigenvalue weighted by molar-refractivity contribution is 6.30. The number of rotatable bonds is 7. The molecule has 3 heterocycles. The summed E-state index contributed by atoms with van der Waals surface area (Å²) in [6.07, 6.45) is 3.00. The largest absolute Gasteiger partial charge is 0.424 e. The maximum atomic E-state index is 5.80. The number of fused-ring (bicyclic) bond motifs is 1. The molecule has 0 bridgehead atoms. The molecule has 0 radical (unpaired) electrons. The molecule has 0 aliphatic rings. The lowest BCUT2D eigenvalue weighted by atomic mass is 10.2. The summed E-state index contributed by atoms with van der Waals surface area (Å²) in [6, 6.07) is 16.1. The number of hydrogen-bond acceptors (Lipinski definition) is 7. The summed E-state index contributed by atoms with van der Waals surface area (Å²) in [4.78, 5) is 12.8. The minimum absolute atomic E-state index is 0.252. The van der Waals surface area contributed by atoms with E-state index in [1.165, 1.54) is 12.4 Å². The van der Waals surface area contributed by atoms with Crippen molar-refractivity contribution in [2.24, 2.45) is 14.1 Å². The van der Waals surface area contributed by atoms with Crippen LogP contribution in [0.4, 0.5) is 17.5 Å². The molecule has 0 aliphatic carbocycles. The van der Waals surface area contributed by atoms with Gasteiger partial charge in [0.15, 0.2) is 5.82 Å². The Labute approximate surface area is 201 Å². The number of aryl methyl sites for hydroxylation is 3. The Bertz CT molecular complexity index is 1420. The Morgan fingerprint density at radius 2 is 1.76 bits per heavy atom. The summed E-state index contributed by atoms with van der Waals surface area (Å²) < 4.78 is 9.53. The molecule has 10 heteroatoms. The number of aromatic nitrogens is 6. The van der Waals surface area contributed by atoms with Gasteiger partial charge in [-0.25, -0.2) is 15.0 Å². The molecular weight excluding hydrogens is 452 g/mol. The van der Waals surface area contributed by atoms with E-state index < -0.39 is 0 Å². The van der Waals surface area contributed by atoms with Crippen molar-refractivity contribution in [3.05, 3.63) is 77.2 Å². The molecule has 5 aromatic rings. The Morgan fingerprint density at radius 1 is 1.00 bits per heavy atom. The van der Waals surface area contributed by atoms with Crippen molar-refractivity contribution < 1.29 is 4.74 Å². The molecular formula is C24H23ClN8O. The lowest BCUT2D eigenvalue weighted by molar-refractivity contribution is 0.441. The number of halogens is 1.